The van der Waals surface area contributed by atoms with Gasteiger partial charge in [-0.05, 0) is 18.3 Å². The van der Waals surface area contributed by atoms with E-state index in [1.54, 1.807) is 0 Å². The van der Waals surface area contributed by atoms with Crippen molar-refractivity contribution in [2.24, 2.45) is 17.8 Å². The molecule has 2 rings (SSSR count). The molecular formula is C11H18ClNO. The molecule has 0 radical (unpaired) electrons. The lowest BCUT2D eigenvalue weighted by Gasteiger charge is -2.15. The van der Waals surface area contributed by atoms with Crippen LogP contribution in [-0.2, 0) is 4.79 Å². The van der Waals surface area contributed by atoms with Gasteiger partial charge in [0.2, 0.25) is 5.91 Å². The van der Waals surface area contributed by atoms with Crippen molar-refractivity contribution < 1.29 is 4.79 Å². The predicted octanol–water partition coefficient (Wildman–Crippen LogP) is 2.12. The van der Waals surface area contributed by atoms with Gasteiger partial charge in [0, 0.05) is 19.0 Å². The molecule has 1 amide bonds. The summed E-state index contributed by atoms with van der Waals surface area (Å²) in [7, 11) is 0. The molecule has 80 valence electrons. The Kier molecular flexibility index (Phi) is 2.74. The molecule has 4 unspecified atom stereocenters. The summed E-state index contributed by atoms with van der Waals surface area (Å²) in [6, 6.07) is 0. The van der Waals surface area contributed by atoms with Crippen molar-refractivity contribution >= 4 is 17.5 Å². The molecule has 0 aromatic rings. The van der Waals surface area contributed by atoms with Crippen LogP contribution in [0, 0.1) is 17.8 Å². The highest BCUT2D eigenvalue weighted by molar-refractivity contribution is 6.21. The maximum absolute atomic E-state index is 11.9. The van der Waals surface area contributed by atoms with Gasteiger partial charge in [-0.15, -0.1) is 11.6 Å². The van der Waals surface area contributed by atoms with E-state index < -0.39 is 0 Å². The molecule has 1 aliphatic heterocycles. The molecule has 0 N–H and O–H groups in total. The minimum Gasteiger partial charge on any atom is -0.341 e. The largest absolute Gasteiger partial charge is 0.341 e. The average Bonchev–Trinajstić information content (AvgIpc) is 2.87. The zero-order chi connectivity index (χ0) is 10.3. The Labute approximate surface area is 90.6 Å². The zero-order valence-electron chi connectivity index (χ0n) is 8.87. The van der Waals surface area contributed by atoms with Gasteiger partial charge in [0.15, 0.2) is 0 Å². The normalized spacial score (nSPS) is 41.5. The first kappa shape index (κ1) is 10.3. The van der Waals surface area contributed by atoms with Crippen LogP contribution in [0.2, 0.25) is 0 Å². The Bertz CT molecular complexity index is 233. The van der Waals surface area contributed by atoms with Gasteiger partial charge in [0.1, 0.15) is 0 Å². The van der Waals surface area contributed by atoms with E-state index in [1.807, 2.05) is 4.90 Å². The monoisotopic (exact) mass is 215 g/mol. The molecule has 4 atom stereocenters. The average molecular weight is 216 g/mol. The third kappa shape index (κ3) is 1.77. The van der Waals surface area contributed by atoms with Crippen molar-refractivity contribution in [1.29, 1.82) is 0 Å². The van der Waals surface area contributed by atoms with Crippen molar-refractivity contribution in [3.05, 3.63) is 0 Å². The van der Waals surface area contributed by atoms with Crippen molar-refractivity contribution in [1.82, 2.24) is 4.90 Å². The molecular weight excluding hydrogens is 198 g/mol. The highest BCUT2D eigenvalue weighted by Crippen LogP contribution is 2.43. The van der Waals surface area contributed by atoms with Gasteiger partial charge in [0.25, 0.3) is 0 Å². The fraction of sp³-hybridized carbons (Fsp3) is 0.909. The van der Waals surface area contributed by atoms with Crippen molar-refractivity contribution in [3.63, 3.8) is 0 Å². The minimum atomic E-state index is 0.165. The number of halogens is 1. The van der Waals surface area contributed by atoms with Crippen LogP contribution in [0.3, 0.4) is 0 Å². The lowest BCUT2D eigenvalue weighted by molar-refractivity contribution is -0.131. The summed E-state index contributed by atoms with van der Waals surface area (Å²) in [6.45, 7) is 5.90. The molecule has 14 heavy (non-hydrogen) atoms. The Morgan fingerprint density at radius 1 is 1.50 bits per heavy atom. The Balaban J connectivity index is 1.88. The number of carbonyl (C=O) groups excluding carboxylic acids is 1. The highest BCUT2D eigenvalue weighted by Gasteiger charge is 2.45. The summed E-state index contributed by atoms with van der Waals surface area (Å²) in [4.78, 5) is 13.9. The number of amides is 1. The van der Waals surface area contributed by atoms with Gasteiger partial charge in [0.05, 0.1) is 5.38 Å². The van der Waals surface area contributed by atoms with Gasteiger partial charge < -0.3 is 4.90 Å². The van der Waals surface area contributed by atoms with Crippen LogP contribution in [-0.4, -0.2) is 29.3 Å². The smallest absolute Gasteiger partial charge is 0.226 e. The number of likely N-dealkylation sites (tertiary alicyclic amines) is 1. The fourth-order valence-electron chi connectivity index (χ4n) is 2.34. The van der Waals surface area contributed by atoms with Crippen LogP contribution in [0.4, 0.5) is 0 Å². The van der Waals surface area contributed by atoms with Gasteiger partial charge in [-0.2, -0.15) is 0 Å². The van der Waals surface area contributed by atoms with Crippen LogP contribution >= 0.6 is 11.6 Å². The van der Waals surface area contributed by atoms with Crippen molar-refractivity contribution in [2.45, 2.75) is 32.1 Å². The number of nitrogens with zero attached hydrogens (tertiary/aromatic N) is 1. The third-order valence-corrected chi connectivity index (χ3v) is 4.16. The second kappa shape index (κ2) is 3.73. The van der Waals surface area contributed by atoms with E-state index in [0.717, 1.165) is 25.9 Å². The van der Waals surface area contributed by atoms with Crippen LogP contribution in [0.25, 0.3) is 0 Å². The molecule has 1 saturated carbocycles. The van der Waals surface area contributed by atoms with Crippen LogP contribution in [0.5, 0.6) is 0 Å². The first-order chi connectivity index (χ1) is 6.63. The Morgan fingerprint density at radius 2 is 2.21 bits per heavy atom. The Morgan fingerprint density at radius 3 is 2.64 bits per heavy atom. The van der Waals surface area contributed by atoms with Crippen molar-refractivity contribution in [3.8, 4) is 0 Å². The number of alkyl halides is 1. The van der Waals surface area contributed by atoms with Crippen LogP contribution < -0.4 is 0 Å². The SMILES string of the molecule is CCC1CC1C(=O)N1CC(C)C(Cl)C1. The summed E-state index contributed by atoms with van der Waals surface area (Å²) in [5.74, 6) is 1.80. The number of hydrogen-bond acceptors (Lipinski definition) is 1. The molecule has 1 saturated heterocycles. The molecule has 1 heterocycles. The van der Waals surface area contributed by atoms with E-state index in [9.17, 15) is 4.79 Å². The maximum atomic E-state index is 11.9. The first-order valence-corrected chi connectivity index (χ1v) is 6.00. The molecule has 2 nitrogen and oxygen atoms in total. The second-order valence-corrected chi connectivity index (χ2v) is 5.31. The summed E-state index contributed by atoms with van der Waals surface area (Å²) in [5.41, 5.74) is 0. The van der Waals surface area contributed by atoms with E-state index in [4.69, 9.17) is 11.6 Å². The molecule has 0 spiro atoms. The van der Waals surface area contributed by atoms with E-state index >= 15 is 0 Å². The molecule has 2 aliphatic rings. The Hall–Kier alpha value is -0.240. The molecule has 0 bridgehead atoms. The molecule has 3 heteroatoms. The summed E-state index contributed by atoms with van der Waals surface area (Å²) in [6.07, 6.45) is 2.25. The molecule has 0 aromatic heterocycles. The second-order valence-electron chi connectivity index (χ2n) is 4.75. The minimum absolute atomic E-state index is 0.165. The topological polar surface area (TPSA) is 20.3 Å². The number of rotatable bonds is 2. The lowest BCUT2D eigenvalue weighted by atomic mass is 10.1. The van der Waals surface area contributed by atoms with Crippen LogP contribution in [0.1, 0.15) is 26.7 Å². The quantitative estimate of drug-likeness (QED) is 0.647. The van der Waals surface area contributed by atoms with Gasteiger partial charge in [-0.25, -0.2) is 0 Å². The van der Waals surface area contributed by atoms with E-state index in [-0.39, 0.29) is 5.38 Å². The van der Waals surface area contributed by atoms with E-state index in [1.165, 1.54) is 0 Å². The van der Waals surface area contributed by atoms with Crippen molar-refractivity contribution in [2.75, 3.05) is 13.1 Å². The zero-order valence-corrected chi connectivity index (χ0v) is 9.63. The maximum Gasteiger partial charge on any atom is 0.226 e. The van der Waals surface area contributed by atoms with Crippen LogP contribution in [0.15, 0.2) is 0 Å². The van der Waals surface area contributed by atoms with E-state index in [2.05, 4.69) is 13.8 Å². The lowest BCUT2D eigenvalue weighted by Crippen LogP contribution is -2.30. The molecule has 0 aromatic carbocycles. The first-order valence-electron chi connectivity index (χ1n) is 5.56. The summed E-state index contributed by atoms with van der Waals surface area (Å²) >= 11 is 6.10. The molecule has 1 aliphatic carbocycles. The predicted molar refractivity (Wildman–Crippen MR) is 57.3 cm³/mol. The fourth-order valence-corrected chi connectivity index (χ4v) is 2.59. The summed E-state index contributed by atoms with van der Waals surface area (Å²) < 4.78 is 0. The highest BCUT2D eigenvalue weighted by atomic mass is 35.5. The standard InChI is InChI=1S/C11H18ClNO/c1-3-8-4-9(8)11(14)13-5-7(2)10(12)6-13/h7-10H,3-6H2,1-2H3. The summed E-state index contributed by atoms with van der Waals surface area (Å²) in [5, 5.41) is 0.165. The number of carbonyl (C=O) groups is 1. The third-order valence-electron chi connectivity index (χ3n) is 3.60. The van der Waals surface area contributed by atoms with Gasteiger partial charge in [-0.3, -0.25) is 4.79 Å². The number of hydrogen-bond donors (Lipinski definition) is 0. The van der Waals surface area contributed by atoms with Gasteiger partial charge >= 0.3 is 0 Å². The van der Waals surface area contributed by atoms with Gasteiger partial charge in [-0.1, -0.05) is 20.3 Å². The van der Waals surface area contributed by atoms with E-state index in [0.29, 0.717) is 23.7 Å². The molecule has 2 fully saturated rings.